The summed E-state index contributed by atoms with van der Waals surface area (Å²) < 4.78 is 0. The van der Waals surface area contributed by atoms with E-state index in [1.54, 1.807) is 0 Å². The predicted octanol–water partition coefficient (Wildman–Crippen LogP) is 3.50. The number of hydrogen-bond donors (Lipinski definition) is 1. The molecule has 0 atom stereocenters. The van der Waals surface area contributed by atoms with Gasteiger partial charge < -0.3 is 5.11 Å². The van der Waals surface area contributed by atoms with Gasteiger partial charge in [-0.25, -0.2) is 0 Å². The highest BCUT2D eigenvalue weighted by Gasteiger charge is 1.98. The summed E-state index contributed by atoms with van der Waals surface area (Å²) in [6.45, 7) is 0.0709. The molecule has 0 unspecified atom stereocenters. The van der Waals surface area contributed by atoms with Crippen molar-refractivity contribution >= 4 is 11.6 Å². The molecule has 0 bridgehead atoms. The molecular weight excluding hydrogens is 208 g/mol. The van der Waals surface area contributed by atoms with Crippen LogP contribution in [0.25, 0.3) is 11.1 Å². The van der Waals surface area contributed by atoms with E-state index in [9.17, 15) is 0 Å². The summed E-state index contributed by atoms with van der Waals surface area (Å²) >= 11 is 5.82. The molecule has 1 nitrogen and oxygen atoms in total. The number of rotatable bonds is 2. The summed E-state index contributed by atoms with van der Waals surface area (Å²) in [5.41, 5.74) is 3.12. The van der Waals surface area contributed by atoms with Crippen molar-refractivity contribution in [1.82, 2.24) is 0 Å². The Labute approximate surface area is 94.0 Å². The average Bonchev–Trinajstić information content (AvgIpc) is 2.30. The normalized spacial score (nSPS) is 10.3. The van der Waals surface area contributed by atoms with Gasteiger partial charge in [0, 0.05) is 5.02 Å². The monoisotopic (exact) mass is 218 g/mol. The summed E-state index contributed by atoms with van der Waals surface area (Å²) in [4.78, 5) is 0. The highest BCUT2D eigenvalue weighted by molar-refractivity contribution is 6.30. The fourth-order valence-electron chi connectivity index (χ4n) is 1.49. The Kier molecular flexibility index (Phi) is 3.05. The van der Waals surface area contributed by atoms with Gasteiger partial charge in [0.05, 0.1) is 6.61 Å². The van der Waals surface area contributed by atoms with Crippen LogP contribution in [0.1, 0.15) is 5.56 Å². The zero-order valence-electron chi connectivity index (χ0n) is 8.15. The van der Waals surface area contributed by atoms with Crippen LogP contribution in [0, 0.1) is 0 Å². The van der Waals surface area contributed by atoms with Gasteiger partial charge in [-0.3, -0.25) is 0 Å². The van der Waals surface area contributed by atoms with Crippen molar-refractivity contribution in [2.45, 2.75) is 6.61 Å². The Balaban J connectivity index is 2.40. The van der Waals surface area contributed by atoms with Gasteiger partial charge in [0.2, 0.25) is 0 Å². The van der Waals surface area contributed by atoms with Crippen LogP contribution < -0.4 is 0 Å². The second kappa shape index (κ2) is 4.47. The molecule has 0 aliphatic heterocycles. The van der Waals surface area contributed by atoms with Crippen LogP contribution >= 0.6 is 11.6 Å². The van der Waals surface area contributed by atoms with E-state index >= 15 is 0 Å². The maximum atomic E-state index is 9.03. The summed E-state index contributed by atoms with van der Waals surface area (Å²) in [6, 6.07) is 15.5. The maximum absolute atomic E-state index is 9.03. The van der Waals surface area contributed by atoms with E-state index in [0.29, 0.717) is 0 Å². The minimum atomic E-state index is 0.0709. The van der Waals surface area contributed by atoms with Crippen LogP contribution in [0.3, 0.4) is 0 Å². The number of benzene rings is 2. The molecule has 1 N–H and O–H groups in total. The van der Waals surface area contributed by atoms with Crippen LogP contribution in [0.15, 0.2) is 48.5 Å². The number of halogens is 1. The van der Waals surface area contributed by atoms with Crippen molar-refractivity contribution in [2.24, 2.45) is 0 Å². The standard InChI is InChI=1S/C13H11ClO/c14-13-6-4-11(5-7-13)12-3-1-2-10(8-12)9-15/h1-8,15H,9H2. The number of aliphatic hydroxyl groups excluding tert-OH is 1. The van der Waals surface area contributed by atoms with Crippen molar-refractivity contribution < 1.29 is 5.11 Å². The van der Waals surface area contributed by atoms with Crippen molar-refractivity contribution in [1.29, 1.82) is 0 Å². The molecule has 0 aromatic heterocycles. The molecule has 2 heteroatoms. The number of hydrogen-bond acceptors (Lipinski definition) is 1. The Morgan fingerprint density at radius 1 is 0.933 bits per heavy atom. The van der Waals surface area contributed by atoms with E-state index in [1.807, 2.05) is 48.5 Å². The van der Waals surface area contributed by atoms with Gasteiger partial charge in [-0.2, -0.15) is 0 Å². The molecular formula is C13H11ClO. The number of aliphatic hydroxyl groups is 1. The van der Waals surface area contributed by atoms with Crippen LogP contribution in [-0.4, -0.2) is 5.11 Å². The fraction of sp³-hybridized carbons (Fsp3) is 0.0769. The quantitative estimate of drug-likeness (QED) is 0.818. The van der Waals surface area contributed by atoms with E-state index in [-0.39, 0.29) is 6.61 Å². The third-order valence-electron chi connectivity index (χ3n) is 2.29. The maximum Gasteiger partial charge on any atom is 0.0682 e. The molecule has 0 aliphatic carbocycles. The van der Waals surface area contributed by atoms with Crippen LogP contribution in [0.5, 0.6) is 0 Å². The Morgan fingerprint density at radius 2 is 1.67 bits per heavy atom. The van der Waals surface area contributed by atoms with Crippen molar-refractivity contribution in [3.8, 4) is 11.1 Å². The zero-order chi connectivity index (χ0) is 10.7. The van der Waals surface area contributed by atoms with Gasteiger partial charge in [-0.05, 0) is 34.9 Å². The van der Waals surface area contributed by atoms with Gasteiger partial charge in [0.25, 0.3) is 0 Å². The topological polar surface area (TPSA) is 20.2 Å². The summed E-state index contributed by atoms with van der Waals surface area (Å²) in [7, 11) is 0. The zero-order valence-corrected chi connectivity index (χ0v) is 8.91. The van der Waals surface area contributed by atoms with E-state index < -0.39 is 0 Å². The lowest BCUT2D eigenvalue weighted by Crippen LogP contribution is -1.84. The molecule has 0 saturated carbocycles. The summed E-state index contributed by atoms with van der Waals surface area (Å²) in [5, 5.41) is 9.77. The lowest BCUT2D eigenvalue weighted by atomic mass is 10.0. The fourth-order valence-corrected chi connectivity index (χ4v) is 1.62. The van der Waals surface area contributed by atoms with Crippen molar-refractivity contribution in [2.75, 3.05) is 0 Å². The molecule has 0 aliphatic rings. The van der Waals surface area contributed by atoms with Crippen LogP contribution in [0.4, 0.5) is 0 Å². The van der Waals surface area contributed by atoms with Gasteiger partial charge >= 0.3 is 0 Å². The molecule has 76 valence electrons. The first-order valence-electron chi connectivity index (χ1n) is 4.75. The third-order valence-corrected chi connectivity index (χ3v) is 2.54. The largest absolute Gasteiger partial charge is 0.392 e. The van der Waals surface area contributed by atoms with Gasteiger partial charge in [0.1, 0.15) is 0 Å². The predicted molar refractivity (Wildman–Crippen MR) is 62.8 cm³/mol. The van der Waals surface area contributed by atoms with Crippen LogP contribution in [0.2, 0.25) is 5.02 Å². The first-order valence-corrected chi connectivity index (χ1v) is 5.13. The first kappa shape index (κ1) is 10.2. The summed E-state index contributed by atoms with van der Waals surface area (Å²) in [5.74, 6) is 0. The molecule has 15 heavy (non-hydrogen) atoms. The molecule has 2 aromatic carbocycles. The minimum Gasteiger partial charge on any atom is -0.392 e. The van der Waals surface area contributed by atoms with Gasteiger partial charge in [0.15, 0.2) is 0 Å². The lowest BCUT2D eigenvalue weighted by Gasteiger charge is -2.03. The van der Waals surface area contributed by atoms with E-state index in [4.69, 9.17) is 16.7 Å². The Bertz CT molecular complexity index is 448. The highest BCUT2D eigenvalue weighted by atomic mass is 35.5. The SMILES string of the molecule is OCc1cccc(-c2ccc(Cl)cc2)c1. The van der Waals surface area contributed by atoms with Crippen molar-refractivity contribution in [3.05, 3.63) is 59.1 Å². The molecule has 0 saturated heterocycles. The smallest absolute Gasteiger partial charge is 0.0682 e. The molecule has 0 heterocycles. The molecule has 0 radical (unpaired) electrons. The van der Waals surface area contributed by atoms with E-state index in [1.165, 1.54) is 0 Å². The minimum absolute atomic E-state index is 0.0709. The lowest BCUT2D eigenvalue weighted by molar-refractivity contribution is 0.282. The van der Waals surface area contributed by atoms with E-state index in [0.717, 1.165) is 21.7 Å². The second-order valence-corrected chi connectivity index (χ2v) is 3.80. The van der Waals surface area contributed by atoms with Crippen LogP contribution in [-0.2, 0) is 6.61 Å². The highest BCUT2D eigenvalue weighted by Crippen LogP contribution is 2.22. The first-order chi connectivity index (χ1) is 7.29. The Hall–Kier alpha value is -1.31. The average molecular weight is 219 g/mol. The van der Waals surface area contributed by atoms with Gasteiger partial charge in [-0.15, -0.1) is 0 Å². The van der Waals surface area contributed by atoms with Crippen molar-refractivity contribution in [3.63, 3.8) is 0 Å². The molecule has 0 fully saturated rings. The molecule has 0 amide bonds. The van der Waals surface area contributed by atoms with Gasteiger partial charge in [-0.1, -0.05) is 41.9 Å². The molecule has 0 spiro atoms. The second-order valence-electron chi connectivity index (χ2n) is 3.37. The molecule has 2 rings (SSSR count). The Morgan fingerprint density at radius 3 is 2.33 bits per heavy atom. The third kappa shape index (κ3) is 2.38. The molecule has 2 aromatic rings. The summed E-state index contributed by atoms with van der Waals surface area (Å²) in [6.07, 6.45) is 0. The van der Waals surface area contributed by atoms with E-state index in [2.05, 4.69) is 0 Å².